The number of ether oxygens (including phenoxy) is 1. The van der Waals surface area contributed by atoms with E-state index in [4.69, 9.17) is 14.9 Å². The molecular weight excluding hydrogens is 346 g/mol. The molecule has 0 heterocycles. The van der Waals surface area contributed by atoms with Gasteiger partial charge in [0, 0.05) is 4.47 Å². The molecule has 0 saturated carbocycles. The number of carboxylic acid groups (broad SMARTS) is 2. The van der Waals surface area contributed by atoms with Crippen molar-refractivity contribution in [2.45, 2.75) is 18.9 Å². The molecule has 8 heteroatoms. The Labute approximate surface area is 129 Å². The molecule has 21 heavy (non-hydrogen) atoms. The second-order valence-electron chi connectivity index (χ2n) is 4.11. The molecule has 1 aromatic rings. The maximum absolute atomic E-state index is 11.5. The maximum Gasteiger partial charge on any atom is 0.326 e. The lowest BCUT2D eigenvalue weighted by Gasteiger charge is -2.12. The van der Waals surface area contributed by atoms with Gasteiger partial charge < -0.3 is 20.3 Å². The molecular formula is C13H14BrNO6. The first kappa shape index (κ1) is 17.0. The average molecular weight is 360 g/mol. The third-order valence-corrected chi connectivity index (χ3v) is 2.95. The number of carboxylic acids is 2. The number of benzene rings is 1. The summed E-state index contributed by atoms with van der Waals surface area (Å²) in [5.74, 6) is -2.69. The van der Waals surface area contributed by atoms with Crippen LogP contribution in [-0.2, 0) is 14.4 Å². The molecule has 7 nitrogen and oxygen atoms in total. The number of amides is 1. The maximum atomic E-state index is 11.5. The van der Waals surface area contributed by atoms with Gasteiger partial charge in [-0.3, -0.25) is 9.59 Å². The van der Waals surface area contributed by atoms with Crippen molar-refractivity contribution in [3.8, 4) is 5.75 Å². The van der Waals surface area contributed by atoms with E-state index in [0.717, 1.165) is 4.47 Å². The van der Waals surface area contributed by atoms with Crippen LogP contribution in [-0.4, -0.2) is 40.7 Å². The second kappa shape index (κ2) is 8.25. The lowest BCUT2D eigenvalue weighted by molar-refractivity contribution is -0.147. The van der Waals surface area contributed by atoms with Crippen LogP contribution in [0, 0.1) is 0 Å². The monoisotopic (exact) mass is 359 g/mol. The van der Waals surface area contributed by atoms with E-state index in [9.17, 15) is 14.4 Å². The van der Waals surface area contributed by atoms with Crippen LogP contribution in [0.1, 0.15) is 12.8 Å². The van der Waals surface area contributed by atoms with Gasteiger partial charge in [-0.2, -0.15) is 0 Å². The van der Waals surface area contributed by atoms with Crippen LogP contribution >= 0.6 is 15.9 Å². The highest BCUT2D eigenvalue weighted by Gasteiger charge is 2.22. The molecule has 0 aromatic heterocycles. The summed E-state index contributed by atoms with van der Waals surface area (Å²) >= 11 is 3.27. The van der Waals surface area contributed by atoms with Crippen molar-refractivity contribution in [1.82, 2.24) is 5.32 Å². The number of aliphatic carboxylic acids is 2. The second-order valence-corrected chi connectivity index (χ2v) is 5.02. The number of carbonyl (C=O) groups is 3. The fourth-order valence-corrected chi connectivity index (χ4v) is 1.70. The van der Waals surface area contributed by atoms with Gasteiger partial charge in [0.15, 0.2) is 0 Å². The van der Waals surface area contributed by atoms with E-state index < -0.39 is 30.3 Å². The van der Waals surface area contributed by atoms with E-state index in [1.54, 1.807) is 24.3 Å². The minimum Gasteiger partial charge on any atom is -0.493 e. The Morgan fingerprint density at radius 2 is 1.81 bits per heavy atom. The molecule has 0 radical (unpaired) electrons. The van der Waals surface area contributed by atoms with Gasteiger partial charge in [0.05, 0.1) is 19.4 Å². The molecule has 3 N–H and O–H groups in total. The Kier molecular flexibility index (Phi) is 6.67. The summed E-state index contributed by atoms with van der Waals surface area (Å²) in [7, 11) is 0. The van der Waals surface area contributed by atoms with E-state index in [2.05, 4.69) is 21.2 Å². The van der Waals surface area contributed by atoms with Gasteiger partial charge in [0.1, 0.15) is 11.8 Å². The fourth-order valence-electron chi connectivity index (χ4n) is 1.43. The fraction of sp³-hybridized carbons (Fsp3) is 0.308. The van der Waals surface area contributed by atoms with Gasteiger partial charge in [-0.05, 0) is 24.3 Å². The van der Waals surface area contributed by atoms with Crippen molar-refractivity contribution >= 4 is 33.8 Å². The smallest absolute Gasteiger partial charge is 0.326 e. The molecule has 114 valence electrons. The number of hydrogen-bond acceptors (Lipinski definition) is 4. The van der Waals surface area contributed by atoms with E-state index in [-0.39, 0.29) is 13.0 Å². The van der Waals surface area contributed by atoms with E-state index in [1.165, 1.54) is 0 Å². The summed E-state index contributed by atoms with van der Waals surface area (Å²) in [4.78, 5) is 32.8. The van der Waals surface area contributed by atoms with Gasteiger partial charge in [-0.1, -0.05) is 15.9 Å². The predicted octanol–water partition coefficient (Wildman–Crippen LogP) is 1.26. The van der Waals surface area contributed by atoms with Gasteiger partial charge in [0.25, 0.3) is 0 Å². The highest BCUT2D eigenvalue weighted by Crippen LogP contribution is 2.16. The Morgan fingerprint density at radius 1 is 1.19 bits per heavy atom. The zero-order chi connectivity index (χ0) is 15.8. The Bertz CT molecular complexity index is 516. The molecule has 0 bridgehead atoms. The molecule has 0 aliphatic heterocycles. The molecule has 0 spiro atoms. The third-order valence-electron chi connectivity index (χ3n) is 2.42. The summed E-state index contributed by atoms with van der Waals surface area (Å²) in [6.07, 6.45) is -0.742. The lowest BCUT2D eigenvalue weighted by Crippen LogP contribution is -2.42. The van der Waals surface area contributed by atoms with Crippen molar-refractivity contribution in [3.05, 3.63) is 28.7 Å². The lowest BCUT2D eigenvalue weighted by atomic mass is 10.2. The minimum atomic E-state index is -1.44. The van der Waals surface area contributed by atoms with Crippen LogP contribution < -0.4 is 10.1 Å². The summed E-state index contributed by atoms with van der Waals surface area (Å²) < 4.78 is 6.20. The zero-order valence-corrected chi connectivity index (χ0v) is 12.5. The standard InChI is InChI=1S/C13H14BrNO6/c14-8-1-3-9(4-2-8)21-6-5-11(16)15-10(13(19)20)7-12(17)18/h1-4,10H,5-7H2,(H,15,16)(H,17,18)(H,19,20)/t10-/m0/s1. The number of rotatable bonds is 8. The SMILES string of the molecule is O=C(O)C[C@H](NC(=O)CCOc1ccc(Br)cc1)C(=O)O. The van der Waals surface area contributed by atoms with Crippen molar-refractivity contribution in [2.75, 3.05) is 6.61 Å². The van der Waals surface area contributed by atoms with Gasteiger partial charge in [-0.25, -0.2) is 4.79 Å². The van der Waals surface area contributed by atoms with Crippen molar-refractivity contribution < 1.29 is 29.3 Å². The first-order chi connectivity index (χ1) is 9.88. The largest absolute Gasteiger partial charge is 0.493 e. The minimum absolute atomic E-state index is 0.0624. The quantitative estimate of drug-likeness (QED) is 0.643. The van der Waals surface area contributed by atoms with Crippen LogP contribution in [0.15, 0.2) is 28.7 Å². The van der Waals surface area contributed by atoms with Crippen molar-refractivity contribution in [3.63, 3.8) is 0 Å². The van der Waals surface area contributed by atoms with E-state index in [1.807, 2.05) is 0 Å². The topological polar surface area (TPSA) is 113 Å². The molecule has 0 fully saturated rings. The number of carbonyl (C=O) groups excluding carboxylic acids is 1. The predicted molar refractivity (Wildman–Crippen MR) is 76.1 cm³/mol. The Balaban J connectivity index is 2.37. The van der Waals surface area contributed by atoms with Crippen LogP contribution in [0.2, 0.25) is 0 Å². The summed E-state index contributed by atoms with van der Waals surface area (Å²) in [6, 6.07) is 5.55. The van der Waals surface area contributed by atoms with Gasteiger partial charge in [0.2, 0.25) is 5.91 Å². The molecule has 0 aliphatic rings. The highest BCUT2D eigenvalue weighted by molar-refractivity contribution is 9.10. The average Bonchev–Trinajstić information content (AvgIpc) is 2.39. The van der Waals surface area contributed by atoms with Gasteiger partial charge >= 0.3 is 11.9 Å². The zero-order valence-electron chi connectivity index (χ0n) is 10.9. The van der Waals surface area contributed by atoms with Crippen LogP contribution in [0.3, 0.4) is 0 Å². The molecule has 1 atom stereocenters. The normalized spacial score (nSPS) is 11.5. The number of nitrogens with one attached hydrogen (secondary N) is 1. The van der Waals surface area contributed by atoms with E-state index >= 15 is 0 Å². The van der Waals surface area contributed by atoms with E-state index in [0.29, 0.717) is 5.75 Å². The number of halogens is 1. The third kappa shape index (κ3) is 6.75. The molecule has 1 aromatic carbocycles. The van der Waals surface area contributed by atoms with Crippen LogP contribution in [0.5, 0.6) is 5.75 Å². The number of hydrogen-bond donors (Lipinski definition) is 3. The molecule has 0 unspecified atom stereocenters. The first-order valence-corrected chi connectivity index (χ1v) is 6.80. The van der Waals surface area contributed by atoms with Crippen molar-refractivity contribution in [2.24, 2.45) is 0 Å². The first-order valence-electron chi connectivity index (χ1n) is 6.01. The molecule has 1 amide bonds. The molecule has 0 aliphatic carbocycles. The Hall–Kier alpha value is -2.09. The molecule has 0 saturated heterocycles. The Morgan fingerprint density at radius 3 is 2.33 bits per heavy atom. The summed E-state index contributed by atoms with van der Waals surface area (Å²) in [5, 5.41) is 19.5. The highest BCUT2D eigenvalue weighted by atomic mass is 79.9. The van der Waals surface area contributed by atoms with Crippen LogP contribution in [0.25, 0.3) is 0 Å². The van der Waals surface area contributed by atoms with Gasteiger partial charge in [-0.15, -0.1) is 0 Å². The summed E-state index contributed by atoms with van der Waals surface area (Å²) in [5.41, 5.74) is 0. The summed E-state index contributed by atoms with van der Waals surface area (Å²) in [6.45, 7) is 0.0624. The van der Waals surface area contributed by atoms with Crippen molar-refractivity contribution in [1.29, 1.82) is 0 Å². The molecule has 1 rings (SSSR count). The van der Waals surface area contributed by atoms with Crippen LogP contribution in [0.4, 0.5) is 0 Å².